The lowest BCUT2D eigenvalue weighted by molar-refractivity contribution is 0.173. The molecule has 1 saturated heterocycles. The summed E-state index contributed by atoms with van der Waals surface area (Å²) in [6.45, 7) is 6.38. The molecule has 1 unspecified atom stereocenters. The van der Waals surface area contributed by atoms with Crippen molar-refractivity contribution in [2.75, 3.05) is 33.0 Å². The van der Waals surface area contributed by atoms with Crippen LogP contribution in [0, 0.1) is 6.92 Å². The van der Waals surface area contributed by atoms with E-state index in [-0.39, 0.29) is 6.04 Å². The second kappa shape index (κ2) is 6.18. The molecule has 0 bridgehead atoms. The maximum Gasteiger partial charge on any atom is 0.231 e. The average molecular weight is 311 g/mol. The van der Waals surface area contributed by atoms with Gasteiger partial charge in [-0.2, -0.15) is 0 Å². The zero-order valence-corrected chi connectivity index (χ0v) is 13.3. The van der Waals surface area contributed by atoms with Crippen LogP contribution in [0.5, 0.6) is 11.5 Å². The maximum absolute atomic E-state index is 5.56. The first-order chi connectivity index (χ1) is 11.3. The van der Waals surface area contributed by atoms with Crippen molar-refractivity contribution >= 4 is 0 Å². The predicted octanol–water partition coefficient (Wildman–Crippen LogP) is 2.11. The minimum Gasteiger partial charge on any atom is -0.454 e. The molecule has 0 saturated carbocycles. The molecule has 0 radical (unpaired) electrons. The van der Waals surface area contributed by atoms with Gasteiger partial charge in [-0.05, 0) is 36.8 Å². The zero-order valence-electron chi connectivity index (χ0n) is 13.3. The summed E-state index contributed by atoms with van der Waals surface area (Å²) in [4.78, 5) is 7.27. The molecule has 1 aromatic carbocycles. The van der Waals surface area contributed by atoms with Gasteiger partial charge in [0.15, 0.2) is 11.5 Å². The fourth-order valence-electron chi connectivity index (χ4n) is 3.31. The third-order valence-electron chi connectivity index (χ3n) is 4.42. The standard InChI is InChI=1S/C18H21N3O2/c1-13-3-2-4-15(20-13)18(21-9-7-19-8-10-21)14-5-6-16-17(11-14)23-12-22-16/h2-6,11,18-19H,7-10,12H2,1H3. The molecule has 5 nitrogen and oxygen atoms in total. The van der Waals surface area contributed by atoms with Gasteiger partial charge in [-0.15, -0.1) is 0 Å². The van der Waals surface area contributed by atoms with Crippen molar-refractivity contribution < 1.29 is 9.47 Å². The molecule has 2 aromatic rings. The number of benzene rings is 1. The molecular formula is C18H21N3O2. The molecular weight excluding hydrogens is 290 g/mol. The van der Waals surface area contributed by atoms with E-state index < -0.39 is 0 Å². The summed E-state index contributed by atoms with van der Waals surface area (Å²) in [5, 5.41) is 3.42. The average Bonchev–Trinajstić information content (AvgIpc) is 3.04. The number of fused-ring (bicyclic) bond motifs is 1. The molecule has 120 valence electrons. The van der Waals surface area contributed by atoms with Crippen LogP contribution in [-0.2, 0) is 0 Å². The molecule has 5 heteroatoms. The Labute approximate surface area is 136 Å². The van der Waals surface area contributed by atoms with Gasteiger partial charge in [0.1, 0.15) is 0 Å². The fourth-order valence-corrected chi connectivity index (χ4v) is 3.31. The number of nitrogens with one attached hydrogen (secondary N) is 1. The highest BCUT2D eigenvalue weighted by Gasteiger charge is 2.27. The first-order valence-electron chi connectivity index (χ1n) is 8.09. The Morgan fingerprint density at radius 1 is 1.09 bits per heavy atom. The number of rotatable bonds is 3. The Bertz CT molecular complexity index is 698. The lowest BCUT2D eigenvalue weighted by atomic mass is 9.99. The van der Waals surface area contributed by atoms with Crippen LogP contribution in [-0.4, -0.2) is 42.9 Å². The molecule has 1 atom stereocenters. The topological polar surface area (TPSA) is 46.6 Å². The third kappa shape index (κ3) is 2.90. The SMILES string of the molecule is Cc1cccc(C(c2ccc3c(c2)OCO3)N2CCNCC2)n1. The molecule has 1 N–H and O–H groups in total. The molecule has 0 aliphatic carbocycles. The second-order valence-electron chi connectivity index (χ2n) is 6.01. The summed E-state index contributed by atoms with van der Waals surface area (Å²) in [6, 6.07) is 12.6. The van der Waals surface area contributed by atoms with Crippen LogP contribution in [0.15, 0.2) is 36.4 Å². The minimum atomic E-state index is 0.145. The highest BCUT2D eigenvalue weighted by atomic mass is 16.7. The zero-order chi connectivity index (χ0) is 15.6. The van der Waals surface area contributed by atoms with Crippen molar-refractivity contribution in [2.24, 2.45) is 0 Å². The lowest BCUT2D eigenvalue weighted by Gasteiger charge is -2.35. The summed E-state index contributed by atoms with van der Waals surface area (Å²) in [5.74, 6) is 1.65. The van der Waals surface area contributed by atoms with Crippen molar-refractivity contribution in [3.05, 3.63) is 53.3 Å². The number of aryl methyl sites for hydroxylation is 1. The van der Waals surface area contributed by atoms with Gasteiger partial charge in [0.25, 0.3) is 0 Å². The number of piperazine rings is 1. The van der Waals surface area contributed by atoms with Crippen molar-refractivity contribution in [3.8, 4) is 11.5 Å². The Morgan fingerprint density at radius 2 is 1.91 bits per heavy atom. The van der Waals surface area contributed by atoms with Crippen LogP contribution in [0.25, 0.3) is 0 Å². The number of nitrogens with zero attached hydrogens (tertiary/aromatic N) is 2. The number of pyridine rings is 1. The quantitative estimate of drug-likeness (QED) is 0.941. The van der Waals surface area contributed by atoms with Gasteiger partial charge >= 0.3 is 0 Å². The summed E-state index contributed by atoms with van der Waals surface area (Å²) in [5.41, 5.74) is 3.34. The molecule has 1 fully saturated rings. The van der Waals surface area contributed by atoms with Crippen LogP contribution in [0.1, 0.15) is 23.0 Å². The Hall–Kier alpha value is -2.11. The summed E-state index contributed by atoms with van der Waals surface area (Å²) in [6.07, 6.45) is 0. The third-order valence-corrected chi connectivity index (χ3v) is 4.42. The Morgan fingerprint density at radius 3 is 2.74 bits per heavy atom. The summed E-state index contributed by atoms with van der Waals surface area (Å²) >= 11 is 0. The molecule has 2 aliphatic rings. The molecule has 23 heavy (non-hydrogen) atoms. The molecule has 2 aliphatic heterocycles. The molecule has 0 amide bonds. The van der Waals surface area contributed by atoms with Gasteiger partial charge in [-0.3, -0.25) is 9.88 Å². The van der Waals surface area contributed by atoms with E-state index in [0.29, 0.717) is 6.79 Å². The van der Waals surface area contributed by atoms with Crippen LogP contribution in [0.3, 0.4) is 0 Å². The lowest BCUT2D eigenvalue weighted by Crippen LogP contribution is -2.45. The normalized spacial score (nSPS) is 18.8. The maximum atomic E-state index is 5.56. The van der Waals surface area contributed by atoms with Crippen LogP contribution >= 0.6 is 0 Å². The minimum absolute atomic E-state index is 0.145. The smallest absolute Gasteiger partial charge is 0.231 e. The highest BCUT2D eigenvalue weighted by molar-refractivity contribution is 5.46. The monoisotopic (exact) mass is 311 g/mol. The largest absolute Gasteiger partial charge is 0.454 e. The number of hydrogen-bond donors (Lipinski definition) is 1. The van der Waals surface area contributed by atoms with Gasteiger partial charge in [0.2, 0.25) is 6.79 Å². The van der Waals surface area contributed by atoms with E-state index in [2.05, 4.69) is 34.5 Å². The summed E-state index contributed by atoms with van der Waals surface area (Å²) in [7, 11) is 0. The van der Waals surface area contributed by atoms with E-state index in [0.717, 1.165) is 49.1 Å². The van der Waals surface area contributed by atoms with Gasteiger partial charge in [0.05, 0.1) is 11.7 Å². The van der Waals surface area contributed by atoms with Crippen LogP contribution in [0.4, 0.5) is 0 Å². The van der Waals surface area contributed by atoms with Crippen molar-refractivity contribution in [1.29, 1.82) is 0 Å². The van der Waals surface area contributed by atoms with Crippen molar-refractivity contribution in [1.82, 2.24) is 15.2 Å². The van der Waals surface area contributed by atoms with Crippen LogP contribution in [0.2, 0.25) is 0 Å². The molecule has 0 spiro atoms. The number of ether oxygens (including phenoxy) is 2. The molecule has 3 heterocycles. The van der Waals surface area contributed by atoms with E-state index in [4.69, 9.17) is 14.5 Å². The Balaban J connectivity index is 1.75. The van der Waals surface area contributed by atoms with Crippen molar-refractivity contribution in [2.45, 2.75) is 13.0 Å². The summed E-state index contributed by atoms with van der Waals surface area (Å²) < 4.78 is 11.0. The second-order valence-corrected chi connectivity index (χ2v) is 6.01. The van der Waals surface area contributed by atoms with E-state index in [1.165, 1.54) is 5.56 Å². The van der Waals surface area contributed by atoms with Crippen LogP contribution < -0.4 is 14.8 Å². The highest BCUT2D eigenvalue weighted by Crippen LogP contribution is 2.37. The van der Waals surface area contributed by atoms with E-state index in [9.17, 15) is 0 Å². The van der Waals surface area contributed by atoms with Crippen molar-refractivity contribution in [3.63, 3.8) is 0 Å². The number of aromatic nitrogens is 1. The molecule has 1 aromatic heterocycles. The van der Waals surface area contributed by atoms with E-state index >= 15 is 0 Å². The van der Waals surface area contributed by atoms with Gasteiger partial charge in [-0.1, -0.05) is 12.1 Å². The fraction of sp³-hybridized carbons (Fsp3) is 0.389. The Kier molecular flexibility index (Phi) is 3.89. The number of hydrogen-bond acceptors (Lipinski definition) is 5. The van der Waals surface area contributed by atoms with Gasteiger partial charge in [-0.25, -0.2) is 0 Å². The van der Waals surface area contributed by atoms with E-state index in [1.807, 2.05) is 19.1 Å². The van der Waals surface area contributed by atoms with Gasteiger partial charge < -0.3 is 14.8 Å². The molecule has 4 rings (SSSR count). The van der Waals surface area contributed by atoms with E-state index in [1.54, 1.807) is 0 Å². The predicted molar refractivity (Wildman–Crippen MR) is 87.8 cm³/mol. The first-order valence-corrected chi connectivity index (χ1v) is 8.09. The first kappa shape index (κ1) is 14.5. The van der Waals surface area contributed by atoms with Gasteiger partial charge in [0, 0.05) is 31.9 Å².